The maximum atomic E-state index is 12.4. The van der Waals surface area contributed by atoms with E-state index in [1.165, 1.54) is 11.8 Å². The van der Waals surface area contributed by atoms with Crippen LogP contribution in [0, 0.1) is 13.8 Å². The number of para-hydroxylation sites is 2. The van der Waals surface area contributed by atoms with E-state index in [9.17, 15) is 4.79 Å². The zero-order valence-electron chi connectivity index (χ0n) is 15.1. The lowest BCUT2D eigenvalue weighted by atomic mass is 10.2. The van der Waals surface area contributed by atoms with Gasteiger partial charge in [0, 0.05) is 17.1 Å². The zero-order valence-corrected chi connectivity index (χ0v) is 16.0. The summed E-state index contributed by atoms with van der Waals surface area (Å²) in [6.07, 6.45) is 1.94. The minimum Gasteiger partial charge on any atom is -0.318 e. The highest BCUT2D eigenvalue weighted by Gasteiger charge is 2.24. The number of aromatic nitrogens is 1. The van der Waals surface area contributed by atoms with Gasteiger partial charge in [-0.25, -0.2) is 4.99 Å². The topological polar surface area (TPSA) is 46.4 Å². The van der Waals surface area contributed by atoms with E-state index in [4.69, 9.17) is 0 Å². The van der Waals surface area contributed by atoms with Crippen molar-refractivity contribution in [2.45, 2.75) is 13.8 Å². The molecule has 1 aliphatic heterocycles. The zero-order chi connectivity index (χ0) is 18.8. The highest BCUT2D eigenvalue weighted by atomic mass is 32.2. The van der Waals surface area contributed by atoms with Gasteiger partial charge in [-0.3, -0.25) is 4.79 Å². The molecule has 1 N–H and O–H groups in total. The highest BCUT2D eigenvalue weighted by molar-refractivity contribution is 8.18. The van der Waals surface area contributed by atoms with E-state index in [-0.39, 0.29) is 5.91 Å². The normalized spacial score (nSPS) is 16.9. The Labute approximate surface area is 162 Å². The van der Waals surface area contributed by atoms with Crippen LogP contribution in [-0.2, 0) is 4.79 Å². The number of carbonyl (C=O) groups is 1. The van der Waals surface area contributed by atoms with E-state index < -0.39 is 0 Å². The molecule has 0 radical (unpaired) electrons. The maximum Gasteiger partial charge on any atom is 0.264 e. The van der Waals surface area contributed by atoms with Gasteiger partial charge in [-0.1, -0.05) is 36.4 Å². The van der Waals surface area contributed by atoms with E-state index in [1.54, 1.807) is 0 Å². The van der Waals surface area contributed by atoms with Crippen LogP contribution in [0.4, 0.5) is 5.69 Å². The van der Waals surface area contributed by atoms with Crippen molar-refractivity contribution in [1.29, 1.82) is 0 Å². The van der Waals surface area contributed by atoms with Gasteiger partial charge in [0.2, 0.25) is 0 Å². The molecule has 134 valence electrons. The quantitative estimate of drug-likeness (QED) is 0.658. The number of rotatable bonds is 3. The van der Waals surface area contributed by atoms with Crippen LogP contribution in [0.15, 0.2) is 76.6 Å². The van der Waals surface area contributed by atoms with Crippen molar-refractivity contribution < 1.29 is 4.79 Å². The van der Waals surface area contributed by atoms with Gasteiger partial charge in [0.1, 0.15) is 0 Å². The van der Waals surface area contributed by atoms with Crippen molar-refractivity contribution in [3.8, 4) is 5.69 Å². The van der Waals surface area contributed by atoms with Gasteiger partial charge in [-0.05, 0) is 67.6 Å². The molecule has 4 rings (SSSR count). The largest absolute Gasteiger partial charge is 0.318 e. The second-order valence-electron chi connectivity index (χ2n) is 6.31. The van der Waals surface area contributed by atoms with E-state index in [2.05, 4.69) is 46.9 Å². The summed E-state index contributed by atoms with van der Waals surface area (Å²) in [6.45, 7) is 4.15. The third kappa shape index (κ3) is 3.59. The highest BCUT2D eigenvalue weighted by Crippen LogP contribution is 2.30. The van der Waals surface area contributed by atoms with Crippen LogP contribution in [0.2, 0.25) is 0 Å². The summed E-state index contributed by atoms with van der Waals surface area (Å²) in [5.41, 5.74) is 5.21. The first-order valence-corrected chi connectivity index (χ1v) is 9.52. The predicted molar refractivity (Wildman–Crippen MR) is 112 cm³/mol. The molecule has 0 spiro atoms. The second kappa shape index (κ2) is 7.29. The molecule has 1 aromatic heterocycles. The first kappa shape index (κ1) is 17.4. The molecule has 2 heterocycles. The molecule has 4 nitrogen and oxygen atoms in total. The fraction of sp³-hybridized carbons (Fsp3) is 0.0909. The first-order chi connectivity index (χ1) is 13.1. The van der Waals surface area contributed by atoms with Gasteiger partial charge in [-0.2, -0.15) is 0 Å². The number of benzene rings is 2. The molecule has 5 heteroatoms. The molecule has 27 heavy (non-hydrogen) atoms. The van der Waals surface area contributed by atoms with E-state index in [0.717, 1.165) is 28.3 Å². The van der Waals surface area contributed by atoms with Crippen molar-refractivity contribution in [2.24, 2.45) is 4.99 Å². The summed E-state index contributed by atoms with van der Waals surface area (Å²) < 4.78 is 2.20. The predicted octanol–water partition coefficient (Wildman–Crippen LogP) is 4.99. The lowest BCUT2D eigenvalue weighted by Gasteiger charge is -2.09. The van der Waals surface area contributed by atoms with Gasteiger partial charge in [0.05, 0.1) is 10.6 Å². The van der Waals surface area contributed by atoms with Gasteiger partial charge < -0.3 is 9.88 Å². The monoisotopic (exact) mass is 373 g/mol. The third-order valence-corrected chi connectivity index (χ3v) is 5.32. The molecule has 0 aliphatic carbocycles. The Morgan fingerprint density at radius 2 is 1.67 bits per heavy atom. The number of thioether (sulfide) groups is 1. The summed E-state index contributed by atoms with van der Waals surface area (Å²) in [5, 5.41) is 3.45. The van der Waals surface area contributed by atoms with Crippen LogP contribution in [0.25, 0.3) is 11.8 Å². The third-order valence-electron chi connectivity index (χ3n) is 4.41. The Morgan fingerprint density at radius 3 is 2.37 bits per heavy atom. The molecule has 0 atom stereocenters. The van der Waals surface area contributed by atoms with Gasteiger partial charge in [0.15, 0.2) is 5.17 Å². The number of carbonyl (C=O) groups excluding carboxylic acids is 1. The molecule has 0 saturated carbocycles. The SMILES string of the molecule is Cc1cc(/C=C2\SC(=Nc3ccccc3)NC2=O)c(C)n1-c1ccccc1. The van der Waals surface area contributed by atoms with Gasteiger partial charge >= 0.3 is 0 Å². The number of nitrogens with one attached hydrogen (secondary N) is 1. The number of amidine groups is 1. The molecule has 1 amide bonds. The Balaban J connectivity index is 1.65. The molecule has 1 aliphatic rings. The van der Waals surface area contributed by atoms with Crippen LogP contribution in [0.5, 0.6) is 0 Å². The summed E-state index contributed by atoms with van der Waals surface area (Å²) in [4.78, 5) is 17.5. The molecule has 0 bridgehead atoms. The number of aryl methyl sites for hydroxylation is 1. The van der Waals surface area contributed by atoms with Crippen molar-refractivity contribution in [3.63, 3.8) is 0 Å². The average Bonchev–Trinajstić information content (AvgIpc) is 3.15. The van der Waals surface area contributed by atoms with Crippen molar-refractivity contribution >= 4 is 34.6 Å². The molecule has 2 aromatic carbocycles. The molecule has 0 unspecified atom stereocenters. The minimum atomic E-state index is -0.112. The number of hydrogen-bond acceptors (Lipinski definition) is 3. The van der Waals surface area contributed by atoms with Gasteiger partial charge in [-0.15, -0.1) is 0 Å². The summed E-state index contributed by atoms with van der Waals surface area (Å²) in [6, 6.07) is 22.0. The second-order valence-corrected chi connectivity index (χ2v) is 7.35. The number of hydrogen-bond donors (Lipinski definition) is 1. The Bertz CT molecular complexity index is 1050. The maximum absolute atomic E-state index is 12.4. The smallest absolute Gasteiger partial charge is 0.264 e. The first-order valence-electron chi connectivity index (χ1n) is 8.71. The Kier molecular flexibility index (Phi) is 4.69. The van der Waals surface area contributed by atoms with Gasteiger partial charge in [0.25, 0.3) is 5.91 Å². The molecule has 3 aromatic rings. The fourth-order valence-electron chi connectivity index (χ4n) is 3.15. The summed E-state index contributed by atoms with van der Waals surface area (Å²) in [5.74, 6) is -0.112. The molecule has 1 fully saturated rings. The van der Waals surface area contributed by atoms with E-state index >= 15 is 0 Å². The Morgan fingerprint density at radius 1 is 1.00 bits per heavy atom. The lowest BCUT2D eigenvalue weighted by molar-refractivity contribution is -0.115. The fourth-order valence-corrected chi connectivity index (χ4v) is 3.98. The molecular weight excluding hydrogens is 354 g/mol. The summed E-state index contributed by atoms with van der Waals surface area (Å²) in [7, 11) is 0. The standard InChI is InChI=1S/C22H19N3OS/c1-15-13-17(16(2)25(15)19-11-7-4-8-12-19)14-20-21(26)24-22(27-20)23-18-9-5-3-6-10-18/h3-14H,1-2H3,(H,23,24,26)/b20-14-. The Hall–Kier alpha value is -3.05. The van der Waals surface area contributed by atoms with Crippen LogP contribution < -0.4 is 5.32 Å². The van der Waals surface area contributed by atoms with Crippen molar-refractivity contribution in [3.05, 3.63) is 88.6 Å². The van der Waals surface area contributed by atoms with Crippen LogP contribution in [-0.4, -0.2) is 15.6 Å². The number of nitrogens with zero attached hydrogens (tertiary/aromatic N) is 2. The van der Waals surface area contributed by atoms with Crippen LogP contribution in [0.3, 0.4) is 0 Å². The number of aliphatic imine (C=N–C) groups is 1. The van der Waals surface area contributed by atoms with E-state index in [0.29, 0.717) is 10.1 Å². The summed E-state index contributed by atoms with van der Waals surface area (Å²) >= 11 is 1.37. The van der Waals surface area contributed by atoms with Crippen LogP contribution >= 0.6 is 11.8 Å². The van der Waals surface area contributed by atoms with Crippen molar-refractivity contribution in [2.75, 3.05) is 0 Å². The van der Waals surface area contributed by atoms with E-state index in [1.807, 2.05) is 54.6 Å². The van der Waals surface area contributed by atoms with Crippen molar-refractivity contribution in [1.82, 2.24) is 9.88 Å². The average molecular weight is 373 g/mol. The van der Waals surface area contributed by atoms with Crippen LogP contribution in [0.1, 0.15) is 17.0 Å². The molecule has 1 saturated heterocycles. The lowest BCUT2D eigenvalue weighted by Crippen LogP contribution is -2.19. The molecular formula is C22H19N3OS. The number of amides is 1. The minimum absolute atomic E-state index is 0.112.